The number of piperidine rings is 1. The van der Waals surface area contributed by atoms with Gasteiger partial charge in [-0.2, -0.15) is 9.61 Å². The van der Waals surface area contributed by atoms with E-state index in [1.165, 1.54) is 23.5 Å². The minimum Gasteiger partial charge on any atom is -0.348 e. The van der Waals surface area contributed by atoms with Crippen molar-refractivity contribution in [2.75, 3.05) is 45.7 Å². The monoisotopic (exact) mass is 521 g/mol. The smallest absolute Gasteiger partial charge is 0.236 e. The number of anilines is 2. The number of aromatic nitrogens is 4. The van der Waals surface area contributed by atoms with Crippen molar-refractivity contribution in [3.8, 4) is 11.3 Å². The number of carbonyl (C=O) groups is 1. The summed E-state index contributed by atoms with van der Waals surface area (Å²) in [6.07, 6.45) is 2.70. The number of nitrogens with zero attached hydrogens (tertiary/aromatic N) is 7. The second-order valence-electron chi connectivity index (χ2n) is 9.68. The van der Waals surface area contributed by atoms with Crippen molar-refractivity contribution in [1.29, 1.82) is 0 Å². The molecule has 0 radical (unpaired) electrons. The fourth-order valence-corrected chi connectivity index (χ4v) is 5.56. The van der Waals surface area contributed by atoms with Crippen molar-refractivity contribution in [3.05, 3.63) is 59.0 Å². The molecule has 1 aliphatic rings. The number of rotatable bonds is 7. The summed E-state index contributed by atoms with van der Waals surface area (Å²) in [7, 11) is 5.59. The van der Waals surface area contributed by atoms with Gasteiger partial charge in [-0.05, 0) is 68.8 Å². The molecule has 0 unspecified atom stereocenters. The number of carbonyl (C=O) groups excluding carboxylic acids is 1. The predicted molar refractivity (Wildman–Crippen MR) is 145 cm³/mol. The molecule has 3 aromatic heterocycles. The van der Waals surface area contributed by atoms with E-state index in [1.807, 2.05) is 27.9 Å². The number of hydrogen-bond acceptors (Lipinski definition) is 7. The molecule has 4 aromatic rings. The van der Waals surface area contributed by atoms with Gasteiger partial charge in [0.15, 0.2) is 16.6 Å². The van der Waals surface area contributed by atoms with Crippen molar-refractivity contribution in [1.82, 2.24) is 29.4 Å². The van der Waals surface area contributed by atoms with Gasteiger partial charge in [-0.1, -0.05) is 6.92 Å². The van der Waals surface area contributed by atoms with E-state index < -0.39 is 0 Å². The maximum Gasteiger partial charge on any atom is 0.236 e. The fraction of sp³-hybridized carbons (Fsp3) is 0.407. The number of aryl methyl sites for hydroxylation is 1. The lowest BCUT2D eigenvalue weighted by molar-refractivity contribution is -0.130. The number of thiazole rings is 1. The Morgan fingerprint density at radius 2 is 1.81 bits per heavy atom. The molecule has 0 atom stereocenters. The third-order valence-corrected chi connectivity index (χ3v) is 7.90. The summed E-state index contributed by atoms with van der Waals surface area (Å²) in [5, 5.41) is 7.87. The van der Waals surface area contributed by atoms with Gasteiger partial charge < -0.3 is 9.80 Å². The number of fused-ring (bicyclic) bond motifs is 1. The third-order valence-electron chi connectivity index (χ3n) is 6.98. The maximum atomic E-state index is 13.4. The van der Waals surface area contributed by atoms with E-state index >= 15 is 0 Å². The van der Waals surface area contributed by atoms with Crippen molar-refractivity contribution in [2.45, 2.75) is 32.1 Å². The summed E-state index contributed by atoms with van der Waals surface area (Å²) in [4.78, 5) is 27.7. The quantitative estimate of drug-likeness (QED) is 0.354. The van der Waals surface area contributed by atoms with Gasteiger partial charge in [-0.15, -0.1) is 11.3 Å². The molecule has 4 heterocycles. The zero-order chi connectivity index (χ0) is 26.1. The van der Waals surface area contributed by atoms with Gasteiger partial charge in [0.1, 0.15) is 5.82 Å². The number of halogens is 1. The zero-order valence-corrected chi connectivity index (χ0v) is 22.5. The van der Waals surface area contributed by atoms with Crippen LogP contribution >= 0.6 is 11.3 Å². The third kappa shape index (κ3) is 5.21. The Morgan fingerprint density at radius 1 is 1.08 bits per heavy atom. The normalized spacial score (nSPS) is 14.8. The van der Waals surface area contributed by atoms with Crippen LogP contribution in [0.3, 0.4) is 0 Å². The Hall–Kier alpha value is -3.37. The first-order valence-corrected chi connectivity index (χ1v) is 13.5. The minimum atomic E-state index is -0.260. The number of hydrogen-bond donors (Lipinski definition) is 0. The molecule has 1 fully saturated rings. The summed E-state index contributed by atoms with van der Waals surface area (Å²) in [6, 6.07) is 10.5. The molecular weight excluding hydrogens is 489 g/mol. The van der Waals surface area contributed by atoms with E-state index in [0.717, 1.165) is 71.6 Å². The minimum absolute atomic E-state index is 0.140. The lowest BCUT2D eigenvalue weighted by Crippen LogP contribution is -2.40. The topological polar surface area (TPSA) is 69.9 Å². The Kier molecular flexibility index (Phi) is 7.21. The predicted octanol–water partition coefficient (Wildman–Crippen LogP) is 4.59. The highest BCUT2D eigenvalue weighted by atomic mass is 32.1. The summed E-state index contributed by atoms with van der Waals surface area (Å²) in [6.45, 7) is 4.32. The second-order valence-corrected chi connectivity index (χ2v) is 10.5. The van der Waals surface area contributed by atoms with Crippen LogP contribution in [0.25, 0.3) is 16.9 Å². The summed E-state index contributed by atoms with van der Waals surface area (Å²) < 4.78 is 15.3. The van der Waals surface area contributed by atoms with Gasteiger partial charge in [-0.3, -0.25) is 9.69 Å². The van der Waals surface area contributed by atoms with Crippen molar-refractivity contribution < 1.29 is 9.18 Å². The highest BCUT2D eigenvalue weighted by molar-refractivity contribution is 7.14. The van der Waals surface area contributed by atoms with E-state index in [0.29, 0.717) is 12.5 Å². The molecule has 1 amide bonds. The van der Waals surface area contributed by atoms with Crippen LogP contribution < -0.4 is 4.90 Å². The van der Waals surface area contributed by atoms with Crippen molar-refractivity contribution in [2.24, 2.45) is 0 Å². The Morgan fingerprint density at radius 3 is 2.49 bits per heavy atom. The zero-order valence-electron chi connectivity index (χ0n) is 21.7. The largest absolute Gasteiger partial charge is 0.348 e. The number of imidazole rings is 1. The number of likely N-dealkylation sites (tertiary alicyclic amines) is 1. The van der Waals surface area contributed by atoms with Crippen molar-refractivity contribution >= 4 is 33.8 Å². The molecule has 0 N–H and O–H groups in total. The van der Waals surface area contributed by atoms with Crippen LogP contribution in [0.15, 0.2) is 41.8 Å². The average molecular weight is 522 g/mol. The molecule has 1 aromatic carbocycles. The van der Waals surface area contributed by atoms with E-state index in [2.05, 4.69) is 17.9 Å². The van der Waals surface area contributed by atoms with Gasteiger partial charge >= 0.3 is 0 Å². The second kappa shape index (κ2) is 10.5. The van der Waals surface area contributed by atoms with E-state index in [1.54, 1.807) is 31.1 Å². The molecule has 0 bridgehead atoms. The Bertz CT molecular complexity index is 1390. The SMILES string of the molecule is CCc1nc2ccc(C3CCN(CC(=O)N(C)C)CC3)nn2c1N(C)c1nc(-c2ccc(F)cc2)cs1. The lowest BCUT2D eigenvalue weighted by Gasteiger charge is -2.31. The Labute approximate surface area is 220 Å². The molecule has 8 nitrogen and oxygen atoms in total. The molecule has 1 aliphatic heterocycles. The van der Waals surface area contributed by atoms with Gasteiger partial charge in [0.05, 0.1) is 23.6 Å². The highest BCUT2D eigenvalue weighted by Crippen LogP contribution is 2.34. The van der Waals surface area contributed by atoms with Crippen LogP contribution in [-0.2, 0) is 11.2 Å². The van der Waals surface area contributed by atoms with Gasteiger partial charge in [-0.25, -0.2) is 14.4 Å². The first-order chi connectivity index (χ1) is 17.8. The van der Waals surface area contributed by atoms with E-state index in [-0.39, 0.29) is 11.7 Å². The fourth-order valence-electron chi connectivity index (χ4n) is 4.75. The van der Waals surface area contributed by atoms with Gasteiger partial charge in [0.25, 0.3) is 0 Å². The molecular formula is C27H32FN7OS. The molecule has 37 heavy (non-hydrogen) atoms. The van der Waals surface area contributed by atoms with Crippen molar-refractivity contribution in [3.63, 3.8) is 0 Å². The standard InChI is InChI=1S/C27H32FN7OS/c1-5-21-26(33(4)27-30-23(17-37-27)18-6-8-20(28)9-7-18)35-24(29-21)11-10-22(31-35)19-12-14-34(15-13-19)16-25(36)32(2)3/h6-11,17,19H,5,12-16H2,1-4H3. The number of likely N-dealkylation sites (N-methyl/N-ethyl adjacent to an activating group) is 1. The molecule has 1 saturated heterocycles. The summed E-state index contributed by atoms with van der Waals surface area (Å²) in [5.74, 6) is 1.13. The van der Waals surface area contributed by atoms with Crippen LogP contribution in [0, 0.1) is 5.82 Å². The van der Waals surface area contributed by atoms with Crippen LogP contribution in [0.4, 0.5) is 15.3 Å². The highest BCUT2D eigenvalue weighted by Gasteiger charge is 2.25. The van der Waals surface area contributed by atoms with Crippen LogP contribution in [-0.4, -0.2) is 76.1 Å². The van der Waals surface area contributed by atoms with Gasteiger partial charge in [0, 0.05) is 38.0 Å². The van der Waals surface area contributed by atoms with Crippen LogP contribution in [0.2, 0.25) is 0 Å². The molecule has 10 heteroatoms. The number of benzene rings is 1. The average Bonchev–Trinajstić information content (AvgIpc) is 3.54. The Balaban J connectivity index is 1.39. The van der Waals surface area contributed by atoms with E-state index in [9.17, 15) is 9.18 Å². The molecule has 0 spiro atoms. The molecule has 5 rings (SSSR count). The van der Waals surface area contributed by atoms with Crippen LogP contribution in [0.5, 0.6) is 0 Å². The maximum absolute atomic E-state index is 13.4. The summed E-state index contributed by atoms with van der Waals surface area (Å²) >= 11 is 1.54. The van der Waals surface area contributed by atoms with Gasteiger partial charge in [0.2, 0.25) is 5.91 Å². The first-order valence-electron chi connectivity index (χ1n) is 12.6. The lowest BCUT2D eigenvalue weighted by atomic mass is 9.93. The molecule has 0 saturated carbocycles. The van der Waals surface area contributed by atoms with Crippen LogP contribution in [0.1, 0.15) is 37.1 Å². The summed E-state index contributed by atoms with van der Waals surface area (Å²) in [5.41, 5.74) is 4.51. The number of amides is 1. The van der Waals surface area contributed by atoms with E-state index in [4.69, 9.17) is 15.1 Å². The molecule has 194 valence electrons. The first kappa shape index (κ1) is 25.3. The molecule has 0 aliphatic carbocycles.